The lowest BCUT2D eigenvalue weighted by molar-refractivity contribution is -0.125. The molecule has 0 radical (unpaired) electrons. The van der Waals surface area contributed by atoms with Crippen LogP contribution in [-0.2, 0) is 4.79 Å². The zero-order valence-corrected chi connectivity index (χ0v) is 11.6. The molecule has 104 valence electrons. The van der Waals surface area contributed by atoms with E-state index in [1.807, 2.05) is 32.0 Å². The molecule has 0 aromatic heterocycles. The number of aryl methyl sites for hydroxylation is 2. The van der Waals surface area contributed by atoms with Crippen LogP contribution >= 0.6 is 0 Å². The quantitative estimate of drug-likeness (QED) is 0.730. The molecule has 0 heterocycles. The number of hydrogen-bond acceptors (Lipinski definition) is 3. The molecule has 4 nitrogen and oxygen atoms in total. The maximum Gasteiger partial charge on any atom is 0.241 e. The van der Waals surface area contributed by atoms with E-state index in [4.69, 9.17) is 0 Å². The molecule has 2 rings (SSSR count). The summed E-state index contributed by atoms with van der Waals surface area (Å²) >= 11 is 0. The van der Waals surface area contributed by atoms with Crippen molar-refractivity contribution in [1.29, 1.82) is 0 Å². The molecule has 1 saturated carbocycles. The van der Waals surface area contributed by atoms with E-state index >= 15 is 0 Å². The van der Waals surface area contributed by atoms with Gasteiger partial charge in [0.25, 0.3) is 0 Å². The van der Waals surface area contributed by atoms with E-state index in [9.17, 15) is 9.90 Å². The highest BCUT2D eigenvalue weighted by atomic mass is 16.3. The van der Waals surface area contributed by atoms with E-state index in [0.29, 0.717) is 0 Å². The van der Waals surface area contributed by atoms with Crippen LogP contribution in [0.1, 0.15) is 43.2 Å². The van der Waals surface area contributed by atoms with Crippen molar-refractivity contribution in [2.45, 2.75) is 51.6 Å². The predicted octanol–water partition coefficient (Wildman–Crippen LogP) is 2.44. The van der Waals surface area contributed by atoms with Crippen LogP contribution in [0, 0.1) is 13.8 Å². The van der Waals surface area contributed by atoms with Crippen molar-refractivity contribution in [2.24, 2.45) is 0 Å². The van der Waals surface area contributed by atoms with Crippen LogP contribution < -0.4 is 10.9 Å². The first-order valence-electron chi connectivity index (χ1n) is 6.83. The van der Waals surface area contributed by atoms with Crippen molar-refractivity contribution >= 4 is 11.6 Å². The van der Waals surface area contributed by atoms with E-state index in [0.717, 1.165) is 42.5 Å². The summed E-state index contributed by atoms with van der Waals surface area (Å²) in [4.78, 5) is 11.8. The minimum Gasteiger partial charge on any atom is -0.389 e. The largest absolute Gasteiger partial charge is 0.389 e. The second-order valence-electron chi connectivity index (χ2n) is 5.60. The third kappa shape index (κ3) is 3.70. The van der Waals surface area contributed by atoms with Gasteiger partial charge in [-0.05, 0) is 43.9 Å². The molecule has 1 aliphatic rings. The zero-order chi connectivity index (χ0) is 13.9. The van der Waals surface area contributed by atoms with Gasteiger partial charge in [-0.3, -0.25) is 15.6 Å². The number of hydrazine groups is 1. The second kappa shape index (κ2) is 5.61. The molecule has 1 aliphatic carbocycles. The van der Waals surface area contributed by atoms with Crippen LogP contribution in [0.4, 0.5) is 5.69 Å². The maximum absolute atomic E-state index is 11.8. The molecule has 0 bridgehead atoms. The van der Waals surface area contributed by atoms with Gasteiger partial charge in [-0.15, -0.1) is 0 Å². The van der Waals surface area contributed by atoms with Crippen molar-refractivity contribution in [3.8, 4) is 0 Å². The number of aliphatic hydroxyl groups is 1. The molecule has 1 aromatic carbocycles. The normalized spacial score (nSPS) is 17.2. The van der Waals surface area contributed by atoms with Crippen molar-refractivity contribution in [3.05, 3.63) is 29.3 Å². The van der Waals surface area contributed by atoms with Crippen LogP contribution in [0.2, 0.25) is 0 Å². The minimum atomic E-state index is -0.798. The summed E-state index contributed by atoms with van der Waals surface area (Å²) < 4.78 is 0. The zero-order valence-electron chi connectivity index (χ0n) is 11.6. The van der Waals surface area contributed by atoms with Crippen molar-refractivity contribution < 1.29 is 9.90 Å². The Morgan fingerprint density at radius 2 is 2.00 bits per heavy atom. The Balaban J connectivity index is 1.88. The molecular formula is C15H22N2O2. The summed E-state index contributed by atoms with van der Waals surface area (Å²) in [6.07, 6.45) is 3.64. The van der Waals surface area contributed by atoms with Gasteiger partial charge in [0, 0.05) is 0 Å². The molecule has 4 heteroatoms. The standard InChI is InChI=1S/C15H22N2O2/c1-11-5-6-12(2)13(9-11)16-17-14(18)10-15(19)7-3-4-8-15/h5-6,9,16,19H,3-4,7-8,10H2,1-2H3,(H,17,18). The van der Waals surface area contributed by atoms with Gasteiger partial charge in [0.2, 0.25) is 5.91 Å². The molecule has 0 unspecified atom stereocenters. The number of carbonyl (C=O) groups is 1. The number of benzene rings is 1. The number of carbonyl (C=O) groups excluding carboxylic acids is 1. The molecule has 0 atom stereocenters. The fraction of sp³-hybridized carbons (Fsp3) is 0.533. The SMILES string of the molecule is Cc1ccc(C)c(NNC(=O)CC2(O)CCCC2)c1. The Morgan fingerprint density at radius 3 is 2.68 bits per heavy atom. The highest BCUT2D eigenvalue weighted by Gasteiger charge is 2.33. The molecule has 19 heavy (non-hydrogen) atoms. The first-order chi connectivity index (χ1) is 8.98. The molecule has 0 spiro atoms. The van der Waals surface area contributed by atoms with Gasteiger partial charge >= 0.3 is 0 Å². The fourth-order valence-electron chi connectivity index (χ4n) is 2.56. The average Bonchev–Trinajstić information content (AvgIpc) is 2.77. The molecule has 1 fully saturated rings. The Bertz CT molecular complexity index is 465. The van der Waals surface area contributed by atoms with Crippen LogP contribution in [0.15, 0.2) is 18.2 Å². The van der Waals surface area contributed by atoms with Crippen molar-refractivity contribution in [2.75, 3.05) is 5.43 Å². The van der Waals surface area contributed by atoms with Gasteiger partial charge in [-0.1, -0.05) is 25.0 Å². The first kappa shape index (κ1) is 13.9. The van der Waals surface area contributed by atoms with Gasteiger partial charge < -0.3 is 5.11 Å². The number of rotatable bonds is 4. The van der Waals surface area contributed by atoms with Crippen molar-refractivity contribution in [3.63, 3.8) is 0 Å². The van der Waals surface area contributed by atoms with Crippen LogP contribution in [0.25, 0.3) is 0 Å². The third-order valence-corrected chi connectivity index (χ3v) is 3.75. The van der Waals surface area contributed by atoms with E-state index in [1.54, 1.807) is 0 Å². The fourth-order valence-corrected chi connectivity index (χ4v) is 2.56. The second-order valence-corrected chi connectivity index (χ2v) is 5.60. The third-order valence-electron chi connectivity index (χ3n) is 3.75. The van der Waals surface area contributed by atoms with Gasteiger partial charge in [0.05, 0.1) is 17.7 Å². The smallest absolute Gasteiger partial charge is 0.241 e. The summed E-state index contributed by atoms with van der Waals surface area (Å²) in [5.74, 6) is -0.162. The highest BCUT2D eigenvalue weighted by molar-refractivity contribution is 5.78. The molecule has 3 N–H and O–H groups in total. The van der Waals surface area contributed by atoms with E-state index < -0.39 is 5.60 Å². The average molecular weight is 262 g/mol. The Hall–Kier alpha value is -1.55. The van der Waals surface area contributed by atoms with Crippen LogP contribution in [-0.4, -0.2) is 16.6 Å². The lowest BCUT2D eigenvalue weighted by Crippen LogP contribution is -2.37. The van der Waals surface area contributed by atoms with E-state index in [2.05, 4.69) is 10.9 Å². The van der Waals surface area contributed by atoms with Gasteiger partial charge in [-0.2, -0.15) is 0 Å². The summed E-state index contributed by atoms with van der Waals surface area (Å²) in [6.45, 7) is 3.99. The molecule has 0 saturated heterocycles. The summed E-state index contributed by atoms with van der Waals surface area (Å²) in [6, 6.07) is 6.03. The number of amides is 1. The predicted molar refractivity (Wildman–Crippen MR) is 75.7 cm³/mol. The summed E-state index contributed by atoms with van der Waals surface area (Å²) in [7, 11) is 0. The summed E-state index contributed by atoms with van der Waals surface area (Å²) in [5, 5.41) is 10.2. The van der Waals surface area contributed by atoms with Gasteiger partial charge in [0.1, 0.15) is 0 Å². The van der Waals surface area contributed by atoms with E-state index in [1.165, 1.54) is 0 Å². The topological polar surface area (TPSA) is 61.4 Å². The Kier molecular flexibility index (Phi) is 4.10. The molecule has 1 amide bonds. The highest BCUT2D eigenvalue weighted by Crippen LogP contribution is 2.32. The minimum absolute atomic E-state index is 0.162. The van der Waals surface area contributed by atoms with E-state index in [-0.39, 0.29) is 12.3 Å². The number of anilines is 1. The Morgan fingerprint density at radius 1 is 1.32 bits per heavy atom. The maximum atomic E-state index is 11.8. The first-order valence-corrected chi connectivity index (χ1v) is 6.83. The van der Waals surface area contributed by atoms with Crippen LogP contribution in [0.3, 0.4) is 0 Å². The molecular weight excluding hydrogens is 240 g/mol. The molecule has 0 aliphatic heterocycles. The molecule has 1 aromatic rings. The monoisotopic (exact) mass is 262 g/mol. The van der Waals surface area contributed by atoms with Gasteiger partial charge in [-0.25, -0.2) is 0 Å². The Labute approximate surface area is 114 Å². The lowest BCUT2D eigenvalue weighted by atomic mass is 9.98. The van der Waals surface area contributed by atoms with Crippen molar-refractivity contribution in [1.82, 2.24) is 5.43 Å². The number of hydrogen-bond donors (Lipinski definition) is 3. The van der Waals surface area contributed by atoms with Crippen LogP contribution in [0.5, 0.6) is 0 Å². The lowest BCUT2D eigenvalue weighted by Gasteiger charge is -2.21. The number of nitrogens with one attached hydrogen (secondary N) is 2. The summed E-state index contributed by atoms with van der Waals surface area (Å²) in [5.41, 5.74) is 7.91. The van der Waals surface area contributed by atoms with Gasteiger partial charge in [0.15, 0.2) is 0 Å².